The number of hydrogen-bond donors (Lipinski definition) is 1. The van der Waals surface area contributed by atoms with Crippen molar-refractivity contribution in [1.82, 2.24) is 9.66 Å². The lowest BCUT2D eigenvalue weighted by atomic mass is 10.2. The molecule has 0 radical (unpaired) electrons. The van der Waals surface area contributed by atoms with Crippen LogP contribution in [0.2, 0.25) is 5.02 Å². The Balaban J connectivity index is 1.68. The predicted molar refractivity (Wildman–Crippen MR) is 137 cm³/mol. The van der Waals surface area contributed by atoms with Crippen molar-refractivity contribution in [3.8, 4) is 23.1 Å². The molecule has 0 saturated carbocycles. The number of nitrogens with two attached hydrogens (primary N) is 1. The average Bonchev–Trinajstić information content (AvgIpc) is 3.30. The summed E-state index contributed by atoms with van der Waals surface area (Å²) >= 11 is 6.12. The Morgan fingerprint density at radius 1 is 1.17 bits per heavy atom. The van der Waals surface area contributed by atoms with Crippen molar-refractivity contribution >= 4 is 45.6 Å². The second-order valence-corrected chi connectivity index (χ2v) is 8.18. The fraction of sp³-hybridized carbons (Fsp3) is 0.0769. The number of rotatable bonds is 7. The maximum Gasteiger partial charge on any atom is 0.282 e. The van der Waals surface area contributed by atoms with Crippen molar-refractivity contribution in [2.24, 2.45) is 10.8 Å². The lowest BCUT2D eigenvalue weighted by molar-refractivity contribution is -0.119. The highest BCUT2D eigenvalue weighted by Gasteiger charge is 2.17. The number of para-hydroxylation sites is 2. The molecule has 2 aromatic heterocycles. The highest BCUT2D eigenvalue weighted by atomic mass is 35.5. The van der Waals surface area contributed by atoms with Gasteiger partial charge in [-0.15, -0.1) is 0 Å². The zero-order valence-corrected chi connectivity index (χ0v) is 19.7. The number of furan rings is 1. The van der Waals surface area contributed by atoms with Gasteiger partial charge in [-0.05, 0) is 48.5 Å². The summed E-state index contributed by atoms with van der Waals surface area (Å²) in [6.45, 7) is -0.356. The maximum atomic E-state index is 13.5. The molecule has 0 aliphatic heterocycles. The SMILES string of the molecule is COc1cccc(C=Nn2c(-c3cc4cc(Cl)ccc4o3)nc3ccccc3c2=O)c1OCC(N)=O. The van der Waals surface area contributed by atoms with Crippen molar-refractivity contribution in [3.63, 3.8) is 0 Å². The van der Waals surface area contributed by atoms with E-state index in [2.05, 4.69) is 10.1 Å². The molecular formula is C26H19ClN4O5. The van der Waals surface area contributed by atoms with Gasteiger partial charge in [-0.2, -0.15) is 9.78 Å². The Labute approximate surface area is 209 Å². The number of hydrogen-bond acceptors (Lipinski definition) is 7. The van der Waals surface area contributed by atoms with Crippen LogP contribution in [0.3, 0.4) is 0 Å². The molecule has 0 unspecified atom stereocenters. The Kier molecular flexibility index (Phi) is 6.14. The molecule has 3 aromatic carbocycles. The summed E-state index contributed by atoms with van der Waals surface area (Å²) in [6.07, 6.45) is 1.42. The number of primary amides is 1. The molecule has 1 amide bonds. The molecule has 180 valence electrons. The zero-order valence-electron chi connectivity index (χ0n) is 19.0. The molecule has 0 saturated heterocycles. The molecule has 0 fully saturated rings. The molecule has 2 heterocycles. The summed E-state index contributed by atoms with van der Waals surface area (Å²) < 4.78 is 18.0. The zero-order chi connectivity index (χ0) is 25.2. The van der Waals surface area contributed by atoms with Crippen LogP contribution >= 0.6 is 11.6 Å². The lowest BCUT2D eigenvalue weighted by Gasteiger charge is -2.12. The topological polar surface area (TPSA) is 122 Å². The molecule has 0 spiro atoms. The van der Waals surface area contributed by atoms with Crippen molar-refractivity contribution in [2.75, 3.05) is 13.7 Å². The average molecular weight is 503 g/mol. The van der Waals surface area contributed by atoms with Gasteiger partial charge in [0, 0.05) is 16.0 Å². The lowest BCUT2D eigenvalue weighted by Crippen LogP contribution is -2.21. The van der Waals surface area contributed by atoms with Crippen molar-refractivity contribution in [2.45, 2.75) is 0 Å². The molecule has 5 aromatic rings. The molecule has 10 heteroatoms. The monoisotopic (exact) mass is 502 g/mol. The minimum atomic E-state index is -0.647. The second-order valence-electron chi connectivity index (χ2n) is 7.74. The van der Waals surface area contributed by atoms with Crippen LogP contribution in [0.15, 0.2) is 81.0 Å². The molecular weight excluding hydrogens is 484 g/mol. The van der Waals surface area contributed by atoms with Crippen LogP contribution in [0.4, 0.5) is 0 Å². The normalized spacial score (nSPS) is 11.4. The number of aromatic nitrogens is 2. The van der Waals surface area contributed by atoms with E-state index < -0.39 is 11.5 Å². The smallest absolute Gasteiger partial charge is 0.282 e. The summed E-state index contributed by atoms with van der Waals surface area (Å²) in [5.74, 6) is 0.516. The first-order chi connectivity index (χ1) is 17.4. The number of carbonyl (C=O) groups excluding carboxylic acids is 1. The van der Waals surface area contributed by atoms with E-state index in [0.717, 1.165) is 10.1 Å². The van der Waals surface area contributed by atoms with Gasteiger partial charge in [0.1, 0.15) is 5.58 Å². The van der Waals surface area contributed by atoms with Gasteiger partial charge in [0.05, 0.1) is 24.2 Å². The Hall–Kier alpha value is -4.63. The van der Waals surface area contributed by atoms with E-state index >= 15 is 0 Å². The highest BCUT2D eigenvalue weighted by molar-refractivity contribution is 6.31. The molecule has 0 aliphatic rings. The summed E-state index contributed by atoms with van der Waals surface area (Å²) in [7, 11) is 1.47. The van der Waals surface area contributed by atoms with Crippen molar-refractivity contribution in [3.05, 3.63) is 87.7 Å². The predicted octanol–water partition coefficient (Wildman–Crippen LogP) is 4.22. The van der Waals surface area contributed by atoms with E-state index in [1.165, 1.54) is 13.3 Å². The number of methoxy groups -OCH3 is 1. The molecule has 0 aliphatic carbocycles. The minimum absolute atomic E-state index is 0.199. The standard InChI is InChI=1S/C26H19ClN4O5/c1-34-21-8-4-5-15(24(21)35-14-23(28)32)13-29-31-25(30-19-7-3-2-6-18(19)26(31)33)22-12-16-11-17(27)9-10-20(16)36-22/h2-13H,14H2,1H3,(H2,28,32). The Morgan fingerprint density at radius 3 is 2.81 bits per heavy atom. The third kappa shape index (κ3) is 4.39. The van der Waals surface area contributed by atoms with E-state index in [9.17, 15) is 9.59 Å². The van der Waals surface area contributed by atoms with Crippen LogP contribution in [0.1, 0.15) is 5.56 Å². The molecule has 36 heavy (non-hydrogen) atoms. The van der Waals surface area contributed by atoms with Crippen LogP contribution in [0.5, 0.6) is 11.5 Å². The van der Waals surface area contributed by atoms with Gasteiger partial charge in [0.25, 0.3) is 11.5 Å². The van der Waals surface area contributed by atoms with Crippen LogP contribution in [-0.2, 0) is 4.79 Å². The first kappa shape index (κ1) is 23.1. The van der Waals surface area contributed by atoms with E-state index in [-0.39, 0.29) is 18.2 Å². The number of ether oxygens (including phenoxy) is 2. The minimum Gasteiger partial charge on any atom is -0.493 e. The summed E-state index contributed by atoms with van der Waals surface area (Å²) in [4.78, 5) is 29.4. The van der Waals surface area contributed by atoms with Crippen molar-refractivity contribution in [1.29, 1.82) is 0 Å². The fourth-order valence-corrected chi connectivity index (χ4v) is 3.91. The van der Waals surface area contributed by atoms with Crippen molar-refractivity contribution < 1.29 is 18.7 Å². The van der Waals surface area contributed by atoms with Crippen LogP contribution in [0.25, 0.3) is 33.5 Å². The second kappa shape index (κ2) is 9.55. The summed E-state index contributed by atoms with van der Waals surface area (Å²) in [5, 5.41) is 6.12. The molecule has 0 atom stereocenters. The third-order valence-electron chi connectivity index (χ3n) is 5.35. The van der Waals surface area contributed by atoms with Crippen LogP contribution < -0.4 is 20.8 Å². The number of fused-ring (bicyclic) bond motifs is 2. The number of benzene rings is 3. The van der Waals surface area contributed by atoms with Gasteiger partial charge in [0.2, 0.25) is 5.82 Å². The van der Waals surface area contributed by atoms with Crippen LogP contribution in [-0.4, -0.2) is 35.5 Å². The number of halogens is 1. The van der Waals surface area contributed by atoms with Gasteiger partial charge in [-0.1, -0.05) is 29.8 Å². The van der Waals surface area contributed by atoms with E-state index in [4.69, 9.17) is 31.2 Å². The number of carbonyl (C=O) groups is 1. The van der Waals surface area contributed by atoms with E-state index in [1.807, 2.05) is 0 Å². The Bertz CT molecular complexity index is 1710. The van der Waals surface area contributed by atoms with Gasteiger partial charge in [0.15, 0.2) is 23.9 Å². The molecule has 9 nitrogen and oxygen atoms in total. The fourth-order valence-electron chi connectivity index (χ4n) is 3.73. The quantitative estimate of drug-likeness (QED) is 0.332. The number of nitrogens with zero attached hydrogens (tertiary/aromatic N) is 3. The first-order valence-electron chi connectivity index (χ1n) is 10.8. The largest absolute Gasteiger partial charge is 0.493 e. The maximum absolute atomic E-state index is 13.5. The van der Waals surface area contributed by atoms with E-state index in [1.54, 1.807) is 66.7 Å². The molecule has 0 bridgehead atoms. The highest BCUT2D eigenvalue weighted by Crippen LogP contribution is 2.31. The Morgan fingerprint density at radius 2 is 2.00 bits per heavy atom. The summed E-state index contributed by atoms with van der Waals surface area (Å²) in [6, 6.07) is 19.0. The van der Waals surface area contributed by atoms with E-state index in [0.29, 0.717) is 38.6 Å². The van der Waals surface area contributed by atoms with Gasteiger partial charge in [-0.25, -0.2) is 4.98 Å². The third-order valence-corrected chi connectivity index (χ3v) is 5.59. The van der Waals surface area contributed by atoms with Gasteiger partial charge >= 0.3 is 0 Å². The summed E-state index contributed by atoms with van der Waals surface area (Å²) in [5.41, 5.74) is 6.38. The van der Waals surface area contributed by atoms with Crippen LogP contribution in [0, 0.1) is 0 Å². The number of amides is 1. The van der Waals surface area contributed by atoms with Gasteiger partial charge < -0.3 is 19.6 Å². The molecule has 5 rings (SSSR count). The first-order valence-corrected chi connectivity index (χ1v) is 11.2. The molecule has 2 N–H and O–H groups in total. The van der Waals surface area contributed by atoms with Gasteiger partial charge in [-0.3, -0.25) is 9.59 Å².